The molecule has 19 heavy (non-hydrogen) atoms. The first-order valence-corrected chi connectivity index (χ1v) is 5.49. The minimum atomic E-state index is -0.880. The molecule has 0 aromatic heterocycles. The van der Waals surface area contributed by atoms with Gasteiger partial charge in [0.05, 0.1) is 12.8 Å². The van der Waals surface area contributed by atoms with Crippen molar-refractivity contribution in [2.75, 3.05) is 20.3 Å². The third-order valence-corrected chi connectivity index (χ3v) is 2.05. The van der Waals surface area contributed by atoms with Crippen LogP contribution in [0.25, 0.3) is 0 Å². The topological polar surface area (TPSA) is 79.8 Å². The highest BCUT2D eigenvalue weighted by Crippen LogP contribution is 1.99. The summed E-state index contributed by atoms with van der Waals surface area (Å²) in [7, 11) is 1.49. The van der Waals surface area contributed by atoms with E-state index in [1.54, 1.807) is 0 Å². The molecule has 0 unspecified atom stereocenters. The largest absolute Gasteiger partial charge is 0.383 e. The summed E-state index contributed by atoms with van der Waals surface area (Å²) in [6.07, 6.45) is 1.31. The van der Waals surface area contributed by atoms with Gasteiger partial charge in [-0.25, -0.2) is 9.82 Å². The molecule has 0 aliphatic carbocycles. The second-order valence-electron chi connectivity index (χ2n) is 3.50. The molecule has 0 atom stereocenters. The molecule has 0 heterocycles. The van der Waals surface area contributed by atoms with E-state index < -0.39 is 11.8 Å². The summed E-state index contributed by atoms with van der Waals surface area (Å²) in [4.78, 5) is 22.4. The summed E-state index contributed by atoms with van der Waals surface area (Å²) >= 11 is 0. The molecule has 0 aliphatic rings. The first kappa shape index (κ1) is 14.8. The number of halogens is 1. The van der Waals surface area contributed by atoms with Gasteiger partial charge in [0, 0.05) is 13.7 Å². The molecule has 0 spiro atoms. The van der Waals surface area contributed by atoms with Crippen LogP contribution in [0.5, 0.6) is 0 Å². The molecule has 1 rings (SSSR count). The van der Waals surface area contributed by atoms with Crippen LogP contribution in [0.3, 0.4) is 0 Å². The van der Waals surface area contributed by atoms with Crippen molar-refractivity contribution in [2.45, 2.75) is 0 Å². The smallest absolute Gasteiger partial charge is 0.329 e. The van der Waals surface area contributed by atoms with E-state index in [9.17, 15) is 14.0 Å². The number of hydrazone groups is 1. The summed E-state index contributed by atoms with van der Waals surface area (Å²) in [5.41, 5.74) is 2.65. The van der Waals surface area contributed by atoms with Crippen molar-refractivity contribution in [3.8, 4) is 0 Å². The minimum Gasteiger partial charge on any atom is -0.383 e. The SMILES string of the molecule is COCCNC(=O)C(=O)N/N=C\c1ccc(F)cc1. The summed E-state index contributed by atoms with van der Waals surface area (Å²) < 4.78 is 17.3. The number of ether oxygens (including phenoxy) is 1. The van der Waals surface area contributed by atoms with Crippen molar-refractivity contribution in [3.05, 3.63) is 35.6 Å². The quantitative estimate of drug-likeness (QED) is 0.342. The van der Waals surface area contributed by atoms with Crippen LogP contribution in [-0.4, -0.2) is 38.3 Å². The zero-order chi connectivity index (χ0) is 14.1. The number of amides is 2. The van der Waals surface area contributed by atoms with Crippen LogP contribution in [0, 0.1) is 5.82 Å². The lowest BCUT2D eigenvalue weighted by Crippen LogP contribution is -2.39. The van der Waals surface area contributed by atoms with Gasteiger partial charge in [-0.2, -0.15) is 5.10 Å². The molecule has 1 aromatic rings. The van der Waals surface area contributed by atoms with Crippen LogP contribution in [0.15, 0.2) is 29.4 Å². The maximum atomic E-state index is 12.6. The second kappa shape index (κ2) is 7.93. The van der Waals surface area contributed by atoms with Gasteiger partial charge in [-0.3, -0.25) is 9.59 Å². The maximum absolute atomic E-state index is 12.6. The minimum absolute atomic E-state index is 0.241. The molecule has 0 saturated carbocycles. The highest BCUT2D eigenvalue weighted by Gasteiger charge is 2.10. The highest BCUT2D eigenvalue weighted by molar-refractivity contribution is 6.35. The van der Waals surface area contributed by atoms with Crippen LogP contribution in [0.4, 0.5) is 4.39 Å². The van der Waals surface area contributed by atoms with Crippen molar-refractivity contribution >= 4 is 18.0 Å². The number of carbonyl (C=O) groups is 2. The normalized spacial score (nSPS) is 10.4. The molecule has 2 N–H and O–H groups in total. The molecule has 0 bridgehead atoms. The fourth-order valence-electron chi connectivity index (χ4n) is 1.11. The highest BCUT2D eigenvalue weighted by atomic mass is 19.1. The number of benzene rings is 1. The Morgan fingerprint density at radius 3 is 2.63 bits per heavy atom. The molecule has 102 valence electrons. The van der Waals surface area contributed by atoms with E-state index in [0.29, 0.717) is 12.2 Å². The fourth-order valence-corrected chi connectivity index (χ4v) is 1.11. The van der Waals surface area contributed by atoms with Gasteiger partial charge in [-0.05, 0) is 17.7 Å². The Morgan fingerprint density at radius 2 is 2.00 bits per heavy atom. The number of methoxy groups -OCH3 is 1. The van der Waals surface area contributed by atoms with Gasteiger partial charge in [0.2, 0.25) is 0 Å². The molecule has 7 heteroatoms. The zero-order valence-electron chi connectivity index (χ0n) is 10.4. The average Bonchev–Trinajstić information content (AvgIpc) is 2.41. The van der Waals surface area contributed by atoms with Crippen molar-refractivity contribution in [1.82, 2.24) is 10.7 Å². The summed E-state index contributed by atoms with van der Waals surface area (Å²) in [6, 6.07) is 5.51. The van der Waals surface area contributed by atoms with E-state index in [0.717, 1.165) is 0 Å². The lowest BCUT2D eigenvalue weighted by Gasteiger charge is -2.02. The van der Waals surface area contributed by atoms with Crippen molar-refractivity contribution in [3.63, 3.8) is 0 Å². The van der Waals surface area contributed by atoms with E-state index in [-0.39, 0.29) is 12.4 Å². The Labute approximate surface area is 109 Å². The van der Waals surface area contributed by atoms with Crippen LogP contribution >= 0.6 is 0 Å². The van der Waals surface area contributed by atoms with Crippen LogP contribution in [0.1, 0.15) is 5.56 Å². The van der Waals surface area contributed by atoms with E-state index in [2.05, 4.69) is 15.8 Å². The fraction of sp³-hybridized carbons (Fsp3) is 0.250. The molecule has 0 fully saturated rings. The van der Waals surface area contributed by atoms with Crippen molar-refractivity contribution in [2.24, 2.45) is 5.10 Å². The van der Waals surface area contributed by atoms with E-state index in [1.807, 2.05) is 0 Å². The Hall–Kier alpha value is -2.28. The van der Waals surface area contributed by atoms with E-state index in [1.165, 1.54) is 37.6 Å². The number of hydrogen-bond donors (Lipinski definition) is 2. The van der Waals surface area contributed by atoms with Gasteiger partial charge in [0.15, 0.2) is 0 Å². The molecule has 1 aromatic carbocycles. The third-order valence-electron chi connectivity index (χ3n) is 2.05. The van der Waals surface area contributed by atoms with Gasteiger partial charge >= 0.3 is 11.8 Å². The summed E-state index contributed by atoms with van der Waals surface area (Å²) in [5, 5.41) is 5.92. The summed E-state index contributed by atoms with van der Waals surface area (Å²) in [5.74, 6) is -2.04. The van der Waals surface area contributed by atoms with Crippen molar-refractivity contribution < 1.29 is 18.7 Å². The lowest BCUT2D eigenvalue weighted by molar-refractivity contribution is -0.139. The van der Waals surface area contributed by atoms with Crippen LogP contribution < -0.4 is 10.7 Å². The number of rotatable bonds is 5. The summed E-state index contributed by atoms with van der Waals surface area (Å²) in [6.45, 7) is 0.558. The number of nitrogens with one attached hydrogen (secondary N) is 2. The number of hydrogen-bond acceptors (Lipinski definition) is 4. The van der Waals surface area contributed by atoms with Crippen LogP contribution in [-0.2, 0) is 14.3 Å². The van der Waals surface area contributed by atoms with Crippen LogP contribution in [0.2, 0.25) is 0 Å². The molecular weight excluding hydrogens is 253 g/mol. The molecular formula is C12H14FN3O3. The first-order chi connectivity index (χ1) is 9.13. The Balaban J connectivity index is 2.36. The predicted molar refractivity (Wildman–Crippen MR) is 67.0 cm³/mol. The molecule has 0 aliphatic heterocycles. The zero-order valence-corrected chi connectivity index (χ0v) is 10.4. The molecule has 0 saturated heterocycles. The number of nitrogens with zero attached hydrogens (tertiary/aromatic N) is 1. The Bertz CT molecular complexity index is 460. The van der Waals surface area contributed by atoms with Gasteiger partial charge in [-0.1, -0.05) is 12.1 Å². The Morgan fingerprint density at radius 1 is 1.32 bits per heavy atom. The van der Waals surface area contributed by atoms with Gasteiger partial charge in [-0.15, -0.1) is 0 Å². The van der Waals surface area contributed by atoms with E-state index >= 15 is 0 Å². The second-order valence-corrected chi connectivity index (χ2v) is 3.50. The van der Waals surface area contributed by atoms with Crippen molar-refractivity contribution in [1.29, 1.82) is 0 Å². The standard InChI is InChI=1S/C12H14FN3O3/c1-19-7-6-14-11(17)12(18)16-15-8-9-2-4-10(13)5-3-9/h2-5,8H,6-7H2,1H3,(H,14,17)(H,16,18)/b15-8-. The third kappa shape index (κ3) is 5.73. The molecule has 6 nitrogen and oxygen atoms in total. The molecule has 2 amide bonds. The number of carbonyl (C=O) groups excluding carboxylic acids is 2. The Kier molecular flexibility index (Phi) is 6.17. The monoisotopic (exact) mass is 267 g/mol. The first-order valence-electron chi connectivity index (χ1n) is 5.49. The average molecular weight is 267 g/mol. The van der Waals surface area contributed by atoms with Gasteiger partial charge < -0.3 is 10.1 Å². The van der Waals surface area contributed by atoms with Gasteiger partial charge in [0.25, 0.3) is 0 Å². The maximum Gasteiger partial charge on any atom is 0.329 e. The lowest BCUT2D eigenvalue weighted by atomic mass is 10.2. The van der Waals surface area contributed by atoms with Gasteiger partial charge in [0.1, 0.15) is 5.82 Å². The molecule has 0 radical (unpaired) electrons. The van der Waals surface area contributed by atoms with E-state index in [4.69, 9.17) is 4.74 Å². The predicted octanol–water partition coefficient (Wildman–Crippen LogP) is 0.0384.